The van der Waals surface area contributed by atoms with Crippen LogP contribution in [0.2, 0.25) is 5.02 Å². The van der Waals surface area contributed by atoms with Crippen molar-refractivity contribution in [3.05, 3.63) is 68.5 Å². The predicted molar refractivity (Wildman–Crippen MR) is 114 cm³/mol. The van der Waals surface area contributed by atoms with Gasteiger partial charge in [-0.25, -0.2) is 0 Å². The van der Waals surface area contributed by atoms with Crippen LogP contribution in [-0.2, 0) is 0 Å². The second kappa shape index (κ2) is 7.66. The number of rotatable bonds is 5. The molecule has 0 aliphatic carbocycles. The van der Waals surface area contributed by atoms with Crippen LogP contribution in [0.1, 0.15) is 27.7 Å². The van der Waals surface area contributed by atoms with Gasteiger partial charge in [-0.05, 0) is 50.0 Å². The summed E-state index contributed by atoms with van der Waals surface area (Å²) in [6.45, 7) is 0.991. The Morgan fingerprint density at radius 2 is 1.97 bits per heavy atom. The number of halogens is 1. The Hall–Kier alpha value is -3.03. The fourth-order valence-corrected chi connectivity index (χ4v) is 3.91. The Bertz CT molecular complexity index is 1200. The normalized spacial score (nSPS) is 15.8. The molecule has 1 N–H and O–H groups in total. The first-order valence-corrected chi connectivity index (χ1v) is 9.78. The molecule has 1 aliphatic heterocycles. The first-order valence-electron chi connectivity index (χ1n) is 9.40. The van der Waals surface area contributed by atoms with Gasteiger partial charge in [0.25, 0.3) is 5.91 Å². The van der Waals surface area contributed by atoms with Gasteiger partial charge in [0.05, 0.1) is 24.1 Å². The number of likely N-dealkylation sites (N-methyl/N-ethyl adjacent to an activating group) is 1. The molecule has 0 saturated heterocycles. The molecule has 0 fully saturated rings. The van der Waals surface area contributed by atoms with Gasteiger partial charge in [-0.1, -0.05) is 17.7 Å². The molecule has 1 aromatic heterocycles. The zero-order valence-electron chi connectivity index (χ0n) is 16.8. The molecule has 30 heavy (non-hydrogen) atoms. The van der Waals surface area contributed by atoms with Gasteiger partial charge < -0.3 is 24.1 Å². The number of benzene rings is 2. The lowest BCUT2D eigenvalue weighted by molar-refractivity contribution is 0.0716. The lowest BCUT2D eigenvalue weighted by atomic mass is 9.98. The second-order valence-electron chi connectivity index (χ2n) is 7.45. The summed E-state index contributed by atoms with van der Waals surface area (Å²) in [7, 11) is 5.26. The number of phenolic OH excluding ortho intramolecular Hbond substituents is 1. The summed E-state index contributed by atoms with van der Waals surface area (Å²) < 4.78 is 11.1. The van der Waals surface area contributed by atoms with E-state index in [1.54, 1.807) is 35.2 Å². The summed E-state index contributed by atoms with van der Waals surface area (Å²) in [4.78, 5) is 30.2. The van der Waals surface area contributed by atoms with E-state index in [4.69, 9.17) is 20.8 Å². The van der Waals surface area contributed by atoms with Crippen LogP contribution in [0.15, 0.2) is 45.6 Å². The van der Waals surface area contributed by atoms with Crippen LogP contribution in [0.4, 0.5) is 0 Å². The third-order valence-electron chi connectivity index (χ3n) is 5.24. The average molecular weight is 429 g/mol. The van der Waals surface area contributed by atoms with E-state index >= 15 is 0 Å². The summed E-state index contributed by atoms with van der Waals surface area (Å²) in [5.74, 6) is -0.0828. The Morgan fingerprint density at radius 1 is 1.20 bits per heavy atom. The molecule has 7 nitrogen and oxygen atoms in total. The Kier molecular flexibility index (Phi) is 5.17. The van der Waals surface area contributed by atoms with Gasteiger partial charge in [-0.15, -0.1) is 0 Å². The van der Waals surface area contributed by atoms with Crippen LogP contribution < -0.4 is 10.2 Å². The van der Waals surface area contributed by atoms with Gasteiger partial charge in [0.2, 0.25) is 5.76 Å². The molecule has 0 bridgehead atoms. The van der Waals surface area contributed by atoms with Gasteiger partial charge in [-0.2, -0.15) is 0 Å². The number of methoxy groups -OCH3 is 1. The fraction of sp³-hybridized carbons (Fsp3) is 0.273. The lowest BCUT2D eigenvalue weighted by Crippen LogP contribution is -2.35. The Labute approximate surface area is 178 Å². The topological polar surface area (TPSA) is 83.2 Å². The van der Waals surface area contributed by atoms with Gasteiger partial charge in [0.1, 0.15) is 5.58 Å². The standard InChI is InChI=1S/C22H21ClN2O5/c1-24(2)8-9-25-19(12-4-6-15(26)17(10-12)29-3)18-20(27)14-11-13(23)5-7-16(14)30-21(18)22(25)28/h4-7,10-11,19,26H,8-9H2,1-3H3. The van der Waals surface area contributed by atoms with Crippen molar-refractivity contribution < 1.29 is 19.1 Å². The minimum atomic E-state index is -0.665. The van der Waals surface area contributed by atoms with Crippen LogP contribution in [0.5, 0.6) is 11.5 Å². The first kappa shape index (κ1) is 20.3. The summed E-state index contributed by atoms with van der Waals surface area (Å²) in [5.41, 5.74) is 0.921. The van der Waals surface area contributed by atoms with Crippen LogP contribution in [-0.4, -0.2) is 55.1 Å². The molecule has 0 saturated carbocycles. The molecule has 4 rings (SSSR count). The molecule has 1 atom stereocenters. The van der Waals surface area contributed by atoms with E-state index in [0.29, 0.717) is 34.6 Å². The van der Waals surface area contributed by atoms with E-state index < -0.39 is 6.04 Å². The minimum Gasteiger partial charge on any atom is -0.504 e. The quantitative estimate of drug-likeness (QED) is 0.671. The summed E-state index contributed by atoms with van der Waals surface area (Å²) in [6, 6.07) is 8.88. The average Bonchev–Trinajstić information content (AvgIpc) is 2.99. The van der Waals surface area contributed by atoms with Crippen molar-refractivity contribution in [3.63, 3.8) is 0 Å². The number of nitrogens with zero attached hydrogens (tertiary/aromatic N) is 2. The Morgan fingerprint density at radius 3 is 2.67 bits per heavy atom. The highest BCUT2D eigenvalue weighted by atomic mass is 35.5. The van der Waals surface area contributed by atoms with Crippen LogP contribution in [0.25, 0.3) is 11.0 Å². The van der Waals surface area contributed by atoms with Crippen molar-refractivity contribution >= 4 is 28.5 Å². The van der Waals surface area contributed by atoms with Crippen molar-refractivity contribution in [2.75, 3.05) is 34.3 Å². The smallest absolute Gasteiger partial charge is 0.290 e. The van der Waals surface area contributed by atoms with Crippen molar-refractivity contribution in [2.45, 2.75) is 6.04 Å². The lowest BCUT2D eigenvalue weighted by Gasteiger charge is -2.26. The molecule has 2 heterocycles. The molecule has 1 aliphatic rings. The maximum Gasteiger partial charge on any atom is 0.290 e. The molecule has 0 spiro atoms. The zero-order chi connectivity index (χ0) is 21.6. The molecule has 0 radical (unpaired) electrons. The molecule has 156 valence electrons. The number of ether oxygens (including phenoxy) is 1. The van der Waals surface area contributed by atoms with E-state index in [1.165, 1.54) is 13.2 Å². The highest BCUT2D eigenvalue weighted by Gasteiger charge is 2.42. The molecule has 1 amide bonds. The number of fused-ring (bicyclic) bond motifs is 2. The highest BCUT2D eigenvalue weighted by Crippen LogP contribution is 2.40. The fourth-order valence-electron chi connectivity index (χ4n) is 3.74. The molecular formula is C22H21ClN2O5. The van der Waals surface area contributed by atoms with Crippen molar-refractivity contribution in [2.24, 2.45) is 0 Å². The van der Waals surface area contributed by atoms with E-state index in [2.05, 4.69) is 0 Å². The molecule has 2 aromatic carbocycles. The highest BCUT2D eigenvalue weighted by molar-refractivity contribution is 6.31. The Balaban J connectivity index is 1.96. The minimum absolute atomic E-state index is 0.0250. The summed E-state index contributed by atoms with van der Waals surface area (Å²) in [6.07, 6.45) is 0. The first-order chi connectivity index (χ1) is 14.3. The number of aromatic hydroxyl groups is 1. The molecule has 3 aromatic rings. The molecule has 8 heteroatoms. The third kappa shape index (κ3) is 3.30. The maximum atomic E-state index is 13.4. The van der Waals surface area contributed by atoms with Crippen LogP contribution >= 0.6 is 11.6 Å². The maximum absolute atomic E-state index is 13.4. The van der Waals surface area contributed by atoms with Crippen LogP contribution in [0.3, 0.4) is 0 Å². The monoisotopic (exact) mass is 428 g/mol. The SMILES string of the molecule is COc1cc(C2c3c(oc4ccc(Cl)cc4c3=O)C(=O)N2CCN(C)C)ccc1O. The van der Waals surface area contributed by atoms with Gasteiger partial charge in [0, 0.05) is 18.1 Å². The van der Waals surface area contributed by atoms with Gasteiger partial charge >= 0.3 is 0 Å². The van der Waals surface area contributed by atoms with E-state index in [9.17, 15) is 14.7 Å². The number of hydrogen-bond acceptors (Lipinski definition) is 6. The summed E-state index contributed by atoms with van der Waals surface area (Å²) in [5, 5.41) is 10.7. The summed E-state index contributed by atoms with van der Waals surface area (Å²) >= 11 is 6.09. The van der Waals surface area contributed by atoms with Crippen molar-refractivity contribution in [3.8, 4) is 11.5 Å². The number of amides is 1. The van der Waals surface area contributed by atoms with E-state index in [0.717, 1.165) is 0 Å². The van der Waals surface area contributed by atoms with E-state index in [-0.39, 0.29) is 34.2 Å². The van der Waals surface area contributed by atoms with Crippen molar-refractivity contribution in [1.82, 2.24) is 9.80 Å². The number of phenols is 1. The number of carbonyl (C=O) groups is 1. The number of carbonyl (C=O) groups excluding carboxylic acids is 1. The zero-order valence-corrected chi connectivity index (χ0v) is 17.6. The van der Waals surface area contributed by atoms with E-state index in [1.807, 2.05) is 19.0 Å². The van der Waals surface area contributed by atoms with Gasteiger partial charge in [-0.3, -0.25) is 9.59 Å². The largest absolute Gasteiger partial charge is 0.504 e. The number of hydrogen-bond donors (Lipinski definition) is 1. The van der Waals surface area contributed by atoms with Gasteiger partial charge in [0.15, 0.2) is 16.9 Å². The molecule has 1 unspecified atom stereocenters. The third-order valence-corrected chi connectivity index (χ3v) is 5.47. The van der Waals surface area contributed by atoms with Crippen LogP contribution in [0, 0.1) is 0 Å². The second-order valence-corrected chi connectivity index (χ2v) is 7.89. The predicted octanol–water partition coefficient (Wildman–Crippen LogP) is 3.27. The van der Waals surface area contributed by atoms with Crippen molar-refractivity contribution in [1.29, 1.82) is 0 Å². The molecular weight excluding hydrogens is 408 g/mol.